The third-order valence-electron chi connectivity index (χ3n) is 3.81. The first-order valence-electron chi connectivity index (χ1n) is 7.99. The molecule has 1 aliphatic heterocycles. The Morgan fingerprint density at radius 3 is 2.46 bits per heavy atom. The predicted octanol–water partition coefficient (Wildman–Crippen LogP) is 3.60. The van der Waals surface area contributed by atoms with E-state index in [-0.39, 0.29) is 18.7 Å². The standard InChI is InChI=1S/C17H19I3N2O4/c1-2-8-26-17(24)22-5-3-21(4-6-22)7-9-25-16(23)13-10-12(18)11-14(19)15(13)20/h2,10-11H,1,3-9H2. The lowest BCUT2D eigenvalue weighted by Gasteiger charge is -2.33. The molecule has 0 saturated carbocycles. The van der Waals surface area contributed by atoms with E-state index in [4.69, 9.17) is 9.47 Å². The van der Waals surface area contributed by atoms with Crippen LogP contribution in [0.4, 0.5) is 4.79 Å². The van der Waals surface area contributed by atoms with E-state index < -0.39 is 0 Å². The van der Waals surface area contributed by atoms with Gasteiger partial charge in [-0.1, -0.05) is 12.7 Å². The summed E-state index contributed by atoms with van der Waals surface area (Å²) in [4.78, 5) is 28.0. The first-order valence-corrected chi connectivity index (χ1v) is 11.2. The summed E-state index contributed by atoms with van der Waals surface area (Å²) < 4.78 is 13.5. The van der Waals surface area contributed by atoms with Crippen LogP contribution in [-0.2, 0) is 9.47 Å². The summed E-state index contributed by atoms with van der Waals surface area (Å²) in [6.07, 6.45) is 1.25. The van der Waals surface area contributed by atoms with Gasteiger partial charge in [-0.3, -0.25) is 4.90 Å². The number of carbonyl (C=O) groups is 2. The van der Waals surface area contributed by atoms with Gasteiger partial charge in [-0.2, -0.15) is 0 Å². The number of nitrogens with zero attached hydrogens (tertiary/aromatic N) is 2. The number of amides is 1. The molecule has 0 spiro atoms. The number of hydrogen-bond acceptors (Lipinski definition) is 5. The topological polar surface area (TPSA) is 59.1 Å². The predicted molar refractivity (Wildman–Crippen MR) is 124 cm³/mol. The van der Waals surface area contributed by atoms with Crippen molar-refractivity contribution >= 4 is 79.8 Å². The molecule has 0 unspecified atom stereocenters. The number of ether oxygens (including phenoxy) is 2. The second-order valence-electron chi connectivity index (χ2n) is 5.58. The van der Waals surface area contributed by atoms with Crippen molar-refractivity contribution in [3.8, 4) is 0 Å². The van der Waals surface area contributed by atoms with E-state index >= 15 is 0 Å². The fourth-order valence-electron chi connectivity index (χ4n) is 2.43. The van der Waals surface area contributed by atoms with E-state index in [9.17, 15) is 9.59 Å². The van der Waals surface area contributed by atoms with Crippen LogP contribution < -0.4 is 0 Å². The Hall–Kier alpha value is -0.150. The molecule has 0 aromatic heterocycles. The van der Waals surface area contributed by atoms with Crippen LogP contribution in [0.3, 0.4) is 0 Å². The molecule has 1 amide bonds. The fourth-order valence-corrected chi connectivity index (χ4v) is 4.80. The van der Waals surface area contributed by atoms with Gasteiger partial charge < -0.3 is 14.4 Å². The van der Waals surface area contributed by atoms with Crippen LogP contribution in [0.15, 0.2) is 24.8 Å². The molecule has 0 N–H and O–H groups in total. The quantitative estimate of drug-likeness (QED) is 0.197. The average Bonchev–Trinajstić information content (AvgIpc) is 2.63. The number of rotatable bonds is 6. The van der Waals surface area contributed by atoms with Gasteiger partial charge in [-0.25, -0.2) is 9.59 Å². The van der Waals surface area contributed by atoms with Gasteiger partial charge in [0.2, 0.25) is 0 Å². The molecule has 6 nitrogen and oxygen atoms in total. The van der Waals surface area contributed by atoms with E-state index in [1.54, 1.807) is 11.0 Å². The number of hydrogen-bond donors (Lipinski definition) is 0. The van der Waals surface area contributed by atoms with Crippen molar-refractivity contribution in [1.29, 1.82) is 0 Å². The summed E-state index contributed by atoms with van der Waals surface area (Å²) in [5.74, 6) is -0.294. The lowest BCUT2D eigenvalue weighted by molar-refractivity contribution is 0.0414. The molecule has 1 aliphatic rings. The smallest absolute Gasteiger partial charge is 0.410 e. The van der Waals surface area contributed by atoms with E-state index in [0.29, 0.717) is 31.8 Å². The monoisotopic (exact) mass is 696 g/mol. The Balaban J connectivity index is 1.75. The minimum absolute atomic E-state index is 0.227. The summed E-state index contributed by atoms with van der Waals surface area (Å²) in [6, 6.07) is 3.87. The van der Waals surface area contributed by atoms with Crippen molar-refractivity contribution in [2.24, 2.45) is 0 Å². The molecular weight excluding hydrogens is 677 g/mol. The van der Waals surface area contributed by atoms with E-state index in [2.05, 4.69) is 79.3 Å². The van der Waals surface area contributed by atoms with Gasteiger partial charge in [0.05, 0.1) is 5.56 Å². The third kappa shape index (κ3) is 6.48. The van der Waals surface area contributed by atoms with Gasteiger partial charge in [0.15, 0.2) is 0 Å². The molecule has 0 aliphatic carbocycles. The number of halogens is 3. The lowest BCUT2D eigenvalue weighted by Crippen LogP contribution is -2.49. The van der Waals surface area contributed by atoms with Gasteiger partial charge in [-0.05, 0) is 79.9 Å². The summed E-state index contributed by atoms with van der Waals surface area (Å²) in [5, 5.41) is 0. The molecule has 1 aromatic rings. The second-order valence-corrected chi connectivity index (χ2v) is 9.07. The van der Waals surface area contributed by atoms with Gasteiger partial charge in [-0.15, -0.1) is 0 Å². The summed E-state index contributed by atoms with van der Waals surface area (Å²) in [7, 11) is 0. The van der Waals surface area contributed by atoms with Crippen molar-refractivity contribution in [2.75, 3.05) is 45.9 Å². The minimum Gasteiger partial charge on any atom is -0.461 e. The van der Waals surface area contributed by atoms with E-state index in [1.165, 1.54) is 0 Å². The highest BCUT2D eigenvalue weighted by Gasteiger charge is 2.22. The van der Waals surface area contributed by atoms with E-state index in [0.717, 1.165) is 23.8 Å². The van der Waals surface area contributed by atoms with Crippen molar-refractivity contribution in [2.45, 2.75) is 0 Å². The lowest BCUT2D eigenvalue weighted by atomic mass is 10.2. The summed E-state index contributed by atoms with van der Waals surface area (Å²) in [6.45, 7) is 7.43. The maximum atomic E-state index is 12.3. The average molecular weight is 696 g/mol. The zero-order valence-corrected chi connectivity index (χ0v) is 20.5. The number of piperazine rings is 1. The van der Waals surface area contributed by atoms with Crippen LogP contribution in [0.25, 0.3) is 0 Å². The maximum absolute atomic E-state index is 12.3. The Labute approximate surface area is 194 Å². The van der Waals surface area contributed by atoms with Crippen molar-refractivity contribution in [1.82, 2.24) is 9.80 Å². The molecule has 9 heteroatoms. The highest BCUT2D eigenvalue weighted by molar-refractivity contribution is 14.1. The largest absolute Gasteiger partial charge is 0.461 e. The molecule has 0 bridgehead atoms. The SMILES string of the molecule is C=CCOC(=O)N1CCN(CCOC(=O)c2cc(I)cc(I)c2I)CC1. The van der Waals surface area contributed by atoms with Gasteiger partial charge in [0.1, 0.15) is 13.2 Å². The molecular formula is C17H19I3N2O4. The first kappa shape index (κ1) is 22.1. The normalized spacial score (nSPS) is 14.8. The molecule has 142 valence electrons. The van der Waals surface area contributed by atoms with Crippen molar-refractivity contribution in [3.05, 3.63) is 41.1 Å². The molecule has 1 saturated heterocycles. The molecule has 0 radical (unpaired) electrons. The van der Waals surface area contributed by atoms with Crippen molar-refractivity contribution < 1.29 is 19.1 Å². The number of carbonyl (C=O) groups excluding carboxylic acids is 2. The zero-order valence-electron chi connectivity index (χ0n) is 14.1. The van der Waals surface area contributed by atoms with Crippen molar-refractivity contribution in [3.63, 3.8) is 0 Å². The maximum Gasteiger partial charge on any atom is 0.410 e. The van der Waals surface area contributed by atoms with Gasteiger partial charge >= 0.3 is 12.1 Å². The molecule has 0 atom stereocenters. The minimum atomic E-state index is -0.307. The third-order valence-corrected chi connectivity index (χ3v) is 7.48. The van der Waals surface area contributed by atoms with Gasteiger partial charge in [0.25, 0.3) is 0 Å². The van der Waals surface area contributed by atoms with E-state index in [1.807, 2.05) is 12.1 Å². The van der Waals surface area contributed by atoms with Crippen LogP contribution >= 0.6 is 67.8 Å². The molecule has 1 heterocycles. The van der Waals surface area contributed by atoms with Crippen LogP contribution in [0, 0.1) is 10.7 Å². The Morgan fingerprint density at radius 2 is 1.81 bits per heavy atom. The molecule has 26 heavy (non-hydrogen) atoms. The second kappa shape index (κ2) is 11.0. The highest BCUT2D eigenvalue weighted by atomic mass is 127. The molecule has 1 aromatic carbocycles. The van der Waals surface area contributed by atoms with Crippen LogP contribution in [0.2, 0.25) is 0 Å². The number of esters is 1. The Morgan fingerprint density at radius 1 is 1.12 bits per heavy atom. The molecule has 2 rings (SSSR count). The van der Waals surface area contributed by atoms with Crippen LogP contribution in [0.1, 0.15) is 10.4 Å². The Kier molecular flexibility index (Phi) is 9.37. The highest BCUT2D eigenvalue weighted by Crippen LogP contribution is 2.23. The summed E-state index contributed by atoms with van der Waals surface area (Å²) >= 11 is 6.59. The summed E-state index contributed by atoms with van der Waals surface area (Å²) in [5.41, 5.74) is 0.608. The van der Waals surface area contributed by atoms with Gasteiger partial charge in [0, 0.05) is 43.4 Å². The zero-order chi connectivity index (χ0) is 19.1. The van der Waals surface area contributed by atoms with Crippen LogP contribution in [0.5, 0.6) is 0 Å². The Bertz CT molecular complexity index is 676. The first-order chi connectivity index (χ1) is 12.4. The molecule has 1 fully saturated rings. The van der Waals surface area contributed by atoms with Crippen LogP contribution in [-0.4, -0.2) is 67.8 Å². The fraction of sp³-hybridized carbons (Fsp3) is 0.412. The number of benzene rings is 1.